The third-order valence-electron chi connectivity index (χ3n) is 18.1. The lowest BCUT2D eigenvalue weighted by Gasteiger charge is -2.18. The summed E-state index contributed by atoms with van der Waals surface area (Å²) in [6, 6.07) is 0. The van der Waals surface area contributed by atoms with Gasteiger partial charge in [-0.25, -0.2) is 4.57 Å². The van der Waals surface area contributed by atoms with Crippen molar-refractivity contribution in [2.24, 2.45) is 0 Å². The first-order valence-electron chi connectivity index (χ1n) is 38.3. The highest BCUT2D eigenvalue weighted by Crippen LogP contribution is 2.36. The molecule has 0 saturated carbocycles. The number of hydrogen-bond donors (Lipinski definition) is 2. The van der Waals surface area contributed by atoms with Gasteiger partial charge in [0.2, 0.25) is 0 Å². The van der Waals surface area contributed by atoms with Crippen LogP contribution in [0.1, 0.15) is 450 Å². The highest BCUT2D eigenvalue weighted by molar-refractivity contribution is 7.46. The number of rotatable bonds is 74. The molecule has 0 fully saturated rings. The summed E-state index contributed by atoms with van der Waals surface area (Å²) in [6.45, 7) is 3.80. The van der Waals surface area contributed by atoms with E-state index in [1.807, 2.05) is 0 Å². The van der Waals surface area contributed by atoms with E-state index in [-0.39, 0.29) is 25.4 Å². The molecule has 0 aliphatic rings. The number of unbranched alkanes of at least 4 members (excludes halogenated alkanes) is 64. The molecule has 0 aromatic heterocycles. The monoisotopic (exact) mass is 1210 g/mol. The topological polar surface area (TPSA) is 119 Å². The largest absolute Gasteiger partial charge is 0.469 e. The van der Waals surface area contributed by atoms with Crippen LogP contribution in [0, 0.1) is 0 Å². The van der Waals surface area contributed by atoms with E-state index < -0.39 is 26.5 Å². The van der Waals surface area contributed by atoms with Crippen molar-refractivity contribution in [3.05, 3.63) is 0 Å². The maximum Gasteiger partial charge on any atom is 0.469 e. The van der Waals surface area contributed by atoms with Crippen molar-refractivity contribution in [3.8, 4) is 0 Å². The Morgan fingerprint density at radius 2 is 0.429 bits per heavy atom. The third kappa shape index (κ3) is 73.5. The number of ether oxygens (including phenoxy) is 2. The van der Waals surface area contributed by atoms with Crippen molar-refractivity contribution in [1.29, 1.82) is 0 Å². The summed E-state index contributed by atoms with van der Waals surface area (Å²) in [5, 5.41) is 0. The van der Waals surface area contributed by atoms with Crippen LogP contribution in [0.15, 0.2) is 0 Å². The molecule has 0 saturated heterocycles. The summed E-state index contributed by atoms with van der Waals surface area (Å²) in [6.07, 6.45) is 89.5. The molecule has 0 amide bonds. The molecule has 1 atom stereocenters. The van der Waals surface area contributed by atoms with E-state index in [1.165, 1.54) is 385 Å². The van der Waals surface area contributed by atoms with Crippen LogP contribution in [0.25, 0.3) is 0 Å². The minimum atomic E-state index is -4.77. The molecule has 9 heteroatoms. The first-order chi connectivity index (χ1) is 41.3. The lowest BCUT2D eigenvalue weighted by Crippen LogP contribution is -2.29. The zero-order chi connectivity index (χ0) is 60.9. The predicted octanol–water partition coefficient (Wildman–Crippen LogP) is 26.1. The fourth-order valence-corrected chi connectivity index (χ4v) is 12.8. The molecule has 0 heterocycles. The Labute approximate surface area is 525 Å². The van der Waals surface area contributed by atoms with Gasteiger partial charge < -0.3 is 19.3 Å². The molecule has 502 valence electrons. The predicted molar refractivity (Wildman–Crippen MR) is 364 cm³/mol. The molecule has 8 nitrogen and oxygen atoms in total. The molecule has 0 rings (SSSR count). The second-order valence-corrected chi connectivity index (χ2v) is 27.9. The average molecular weight is 1210 g/mol. The van der Waals surface area contributed by atoms with Gasteiger partial charge in [0, 0.05) is 12.8 Å². The Kier molecular flexibility index (Phi) is 70.3. The molecule has 0 spiro atoms. The molecule has 0 aliphatic carbocycles. The molecule has 0 bridgehead atoms. The molecule has 84 heavy (non-hydrogen) atoms. The molecule has 0 radical (unpaired) electrons. The summed E-state index contributed by atoms with van der Waals surface area (Å²) >= 11 is 0. The Morgan fingerprint density at radius 1 is 0.262 bits per heavy atom. The lowest BCUT2D eigenvalue weighted by molar-refractivity contribution is -0.161. The van der Waals surface area contributed by atoms with E-state index in [1.54, 1.807) is 0 Å². The van der Waals surface area contributed by atoms with E-state index in [4.69, 9.17) is 9.47 Å². The Hall–Kier alpha value is -0.950. The smallest absolute Gasteiger partial charge is 0.462 e. The summed E-state index contributed by atoms with van der Waals surface area (Å²) in [7, 11) is -4.77. The SMILES string of the molecule is CCCCCCCCCCCCCCCCCCCCCCCCCCCCCCCCCCCC(=O)OC[C@H](COP(=O)(O)O)OC(=O)CCCCCCCCCCCCCCCCCCCCCCCCCCCCCCCCCCC. The highest BCUT2D eigenvalue weighted by atomic mass is 31.2. The molecule has 0 unspecified atom stereocenters. The van der Waals surface area contributed by atoms with Gasteiger partial charge in [-0.1, -0.05) is 425 Å². The van der Waals surface area contributed by atoms with Crippen LogP contribution in [0.3, 0.4) is 0 Å². The van der Waals surface area contributed by atoms with E-state index in [0.717, 1.165) is 32.1 Å². The molecule has 0 aliphatic heterocycles. The van der Waals surface area contributed by atoms with E-state index in [2.05, 4.69) is 18.4 Å². The molecule has 2 N–H and O–H groups in total. The van der Waals surface area contributed by atoms with Crippen LogP contribution >= 0.6 is 7.82 Å². The maximum absolute atomic E-state index is 12.6. The summed E-state index contributed by atoms with van der Waals surface area (Å²) in [5.41, 5.74) is 0. The van der Waals surface area contributed by atoms with Gasteiger partial charge in [-0.05, 0) is 12.8 Å². The number of carbonyl (C=O) groups excluding carboxylic acids is 2. The van der Waals surface area contributed by atoms with Crippen molar-refractivity contribution in [2.45, 2.75) is 457 Å². The maximum atomic E-state index is 12.6. The zero-order valence-corrected chi connectivity index (χ0v) is 57.8. The van der Waals surface area contributed by atoms with Crippen LogP contribution < -0.4 is 0 Å². The van der Waals surface area contributed by atoms with Crippen molar-refractivity contribution in [3.63, 3.8) is 0 Å². The van der Waals surface area contributed by atoms with Gasteiger partial charge in [0.15, 0.2) is 6.10 Å². The standard InChI is InChI=1S/C75H149O8P/c1-3-5-7-9-11-13-15-17-19-21-23-25-27-29-31-33-35-37-39-41-43-45-47-49-51-53-55-57-59-61-63-65-67-69-74(76)81-71-73(72-82-84(78,79)80)83-75(77)70-68-66-64-62-60-58-56-54-52-50-48-46-44-42-40-38-36-34-32-30-28-26-24-22-20-18-16-14-12-10-8-6-4-2/h73H,3-72H2,1-2H3,(H2,78,79,80)/t73-/m1/s1. The summed E-state index contributed by atoms with van der Waals surface area (Å²) in [4.78, 5) is 43.5. The Balaban J connectivity index is 3.57. The van der Waals surface area contributed by atoms with Gasteiger partial charge >= 0.3 is 19.8 Å². The van der Waals surface area contributed by atoms with E-state index in [9.17, 15) is 23.9 Å². The number of phosphoric ester groups is 1. The van der Waals surface area contributed by atoms with Gasteiger partial charge in [0.05, 0.1) is 6.61 Å². The van der Waals surface area contributed by atoms with Crippen LogP contribution in [0.4, 0.5) is 0 Å². The van der Waals surface area contributed by atoms with Crippen molar-refractivity contribution in [1.82, 2.24) is 0 Å². The van der Waals surface area contributed by atoms with Gasteiger partial charge in [0.25, 0.3) is 0 Å². The second-order valence-electron chi connectivity index (χ2n) is 26.7. The van der Waals surface area contributed by atoms with Gasteiger partial charge in [-0.3, -0.25) is 14.1 Å². The van der Waals surface area contributed by atoms with Gasteiger partial charge in [-0.15, -0.1) is 0 Å². The normalized spacial score (nSPS) is 12.2. The summed E-state index contributed by atoms with van der Waals surface area (Å²) < 4.78 is 26.8. The Morgan fingerprint density at radius 3 is 0.607 bits per heavy atom. The molecule has 0 aromatic rings. The van der Waals surface area contributed by atoms with Gasteiger partial charge in [-0.2, -0.15) is 0 Å². The number of hydrogen-bond acceptors (Lipinski definition) is 6. The molecule has 0 aromatic carbocycles. The molecular weight excluding hydrogens is 1060 g/mol. The van der Waals surface area contributed by atoms with Gasteiger partial charge in [0.1, 0.15) is 6.61 Å². The molecular formula is C75H149O8P. The van der Waals surface area contributed by atoms with Crippen molar-refractivity contribution >= 4 is 19.8 Å². The van der Waals surface area contributed by atoms with Crippen molar-refractivity contribution < 1.29 is 37.9 Å². The van der Waals surface area contributed by atoms with Crippen LogP contribution in [0.5, 0.6) is 0 Å². The zero-order valence-electron chi connectivity index (χ0n) is 56.9. The van der Waals surface area contributed by atoms with Crippen LogP contribution in [-0.4, -0.2) is 41.0 Å². The van der Waals surface area contributed by atoms with Crippen molar-refractivity contribution in [2.75, 3.05) is 13.2 Å². The number of carbonyl (C=O) groups is 2. The first-order valence-corrected chi connectivity index (χ1v) is 39.9. The summed E-state index contributed by atoms with van der Waals surface area (Å²) in [5.74, 6) is -0.850. The van der Waals surface area contributed by atoms with E-state index >= 15 is 0 Å². The Bertz CT molecular complexity index is 1320. The number of esters is 2. The third-order valence-corrected chi connectivity index (χ3v) is 18.6. The fourth-order valence-electron chi connectivity index (χ4n) is 12.4. The quantitative estimate of drug-likeness (QED) is 0.0351. The minimum absolute atomic E-state index is 0.222. The average Bonchev–Trinajstić information content (AvgIpc) is 3.52. The van der Waals surface area contributed by atoms with Crippen LogP contribution in [0.2, 0.25) is 0 Å². The first kappa shape index (κ1) is 83.1. The van der Waals surface area contributed by atoms with E-state index in [0.29, 0.717) is 6.42 Å². The second kappa shape index (κ2) is 71.1. The number of phosphoric acid groups is 1. The fraction of sp³-hybridized carbons (Fsp3) is 0.973. The van der Waals surface area contributed by atoms with Crippen LogP contribution in [-0.2, 0) is 28.2 Å². The minimum Gasteiger partial charge on any atom is -0.462 e. The highest BCUT2D eigenvalue weighted by Gasteiger charge is 2.23. The lowest BCUT2D eigenvalue weighted by atomic mass is 10.0.